The lowest BCUT2D eigenvalue weighted by atomic mass is 9.84. The maximum atomic E-state index is 6.50. The Labute approximate surface area is 154 Å². The topological polar surface area (TPSA) is 38.5 Å². The summed E-state index contributed by atoms with van der Waals surface area (Å²) in [6, 6.07) is 17.0. The molecular weight excluding hydrogens is 332 g/mol. The molecule has 0 bridgehead atoms. The lowest BCUT2D eigenvalue weighted by Gasteiger charge is -2.43. The van der Waals surface area contributed by atoms with E-state index in [-0.39, 0.29) is 12.1 Å². The van der Waals surface area contributed by atoms with Gasteiger partial charge in [-0.05, 0) is 67.6 Å². The maximum Gasteiger partial charge on any atom is 0.139 e. The zero-order valence-electron chi connectivity index (χ0n) is 14.4. The van der Waals surface area contributed by atoms with Crippen LogP contribution in [0.1, 0.15) is 36.5 Å². The standard InChI is InChI=1S/C21H25ClN2O/c22-16-8-10-18(11-9-16)25-21-19-6-2-1-4-15(19)7-12-20(21)24-13-3-5-17(23)14-24/h1-2,4,6,8-11,17,20-21H,3,5,7,12-14,23H2/t17-,20?,21?/m1/s1. The number of ether oxygens (including phenoxy) is 1. The summed E-state index contributed by atoms with van der Waals surface area (Å²) in [7, 11) is 0. The van der Waals surface area contributed by atoms with Gasteiger partial charge in [-0.15, -0.1) is 0 Å². The number of piperidine rings is 1. The SMILES string of the molecule is N[C@@H]1CCCN(C2CCc3ccccc3C2Oc2ccc(Cl)cc2)C1. The van der Waals surface area contributed by atoms with Crippen LogP contribution in [0.15, 0.2) is 48.5 Å². The smallest absolute Gasteiger partial charge is 0.139 e. The van der Waals surface area contributed by atoms with Crippen molar-refractivity contribution in [3.05, 3.63) is 64.7 Å². The van der Waals surface area contributed by atoms with E-state index in [9.17, 15) is 0 Å². The molecule has 2 aromatic carbocycles. The molecule has 132 valence electrons. The highest BCUT2D eigenvalue weighted by molar-refractivity contribution is 6.30. The number of benzene rings is 2. The summed E-state index contributed by atoms with van der Waals surface area (Å²) in [6.07, 6.45) is 4.56. The number of hydrogen-bond donors (Lipinski definition) is 1. The van der Waals surface area contributed by atoms with Crippen molar-refractivity contribution in [3.63, 3.8) is 0 Å². The first-order valence-corrected chi connectivity index (χ1v) is 9.58. The second-order valence-corrected chi connectivity index (χ2v) is 7.63. The van der Waals surface area contributed by atoms with E-state index in [2.05, 4.69) is 29.2 Å². The van der Waals surface area contributed by atoms with Gasteiger partial charge >= 0.3 is 0 Å². The molecule has 2 aliphatic rings. The Hall–Kier alpha value is -1.55. The van der Waals surface area contributed by atoms with E-state index in [0.717, 1.165) is 43.1 Å². The molecule has 1 aliphatic carbocycles. The second-order valence-electron chi connectivity index (χ2n) is 7.19. The number of nitrogens with two attached hydrogens (primary N) is 1. The average molecular weight is 357 g/mol. The first kappa shape index (κ1) is 16.9. The van der Waals surface area contributed by atoms with Crippen molar-refractivity contribution >= 4 is 11.6 Å². The van der Waals surface area contributed by atoms with E-state index in [0.29, 0.717) is 6.04 Å². The zero-order chi connectivity index (χ0) is 17.2. The summed E-state index contributed by atoms with van der Waals surface area (Å²) in [5.41, 5.74) is 8.96. The normalized spacial score (nSPS) is 26.9. The van der Waals surface area contributed by atoms with Crippen LogP contribution in [0.5, 0.6) is 5.75 Å². The van der Waals surface area contributed by atoms with Crippen molar-refractivity contribution in [2.75, 3.05) is 13.1 Å². The molecule has 0 aromatic heterocycles. The van der Waals surface area contributed by atoms with Gasteiger partial charge in [-0.2, -0.15) is 0 Å². The fourth-order valence-corrected chi connectivity index (χ4v) is 4.34. The number of likely N-dealkylation sites (tertiary alicyclic amines) is 1. The van der Waals surface area contributed by atoms with Gasteiger partial charge in [0.25, 0.3) is 0 Å². The first-order chi connectivity index (χ1) is 12.2. The lowest BCUT2D eigenvalue weighted by Crippen LogP contribution is -2.51. The van der Waals surface area contributed by atoms with Crippen molar-refractivity contribution in [1.29, 1.82) is 0 Å². The van der Waals surface area contributed by atoms with Gasteiger partial charge in [-0.25, -0.2) is 0 Å². The van der Waals surface area contributed by atoms with Crippen molar-refractivity contribution in [1.82, 2.24) is 4.90 Å². The first-order valence-electron chi connectivity index (χ1n) is 9.20. The third-order valence-electron chi connectivity index (χ3n) is 5.46. The molecule has 0 spiro atoms. The Bertz CT molecular complexity index is 718. The van der Waals surface area contributed by atoms with Crippen molar-refractivity contribution in [2.45, 2.75) is 43.9 Å². The molecule has 3 atom stereocenters. The Balaban J connectivity index is 1.64. The highest BCUT2D eigenvalue weighted by atomic mass is 35.5. The van der Waals surface area contributed by atoms with E-state index in [4.69, 9.17) is 22.1 Å². The molecule has 4 rings (SSSR count). The van der Waals surface area contributed by atoms with Crippen molar-refractivity contribution < 1.29 is 4.74 Å². The van der Waals surface area contributed by atoms with Crippen LogP contribution in [0, 0.1) is 0 Å². The quantitative estimate of drug-likeness (QED) is 0.895. The Kier molecular flexibility index (Phi) is 4.98. The van der Waals surface area contributed by atoms with Crippen molar-refractivity contribution in [3.8, 4) is 5.75 Å². The molecule has 2 aromatic rings. The minimum absolute atomic E-state index is 0.0384. The minimum Gasteiger partial charge on any atom is -0.484 e. The highest BCUT2D eigenvalue weighted by Crippen LogP contribution is 2.37. The molecule has 25 heavy (non-hydrogen) atoms. The Morgan fingerprint density at radius 1 is 1.04 bits per heavy atom. The number of halogens is 1. The molecule has 0 radical (unpaired) electrons. The number of rotatable bonds is 3. The van der Waals surface area contributed by atoms with E-state index in [1.807, 2.05) is 24.3 Å². The third kappa shape index (κ3) is 3.69. The van der Waals surface area contributed by atoms with Crippen LogP contribution in [0.25, 0.3) is 0 Å². The summed E-state index contributed by atoms with van der Waals surface area (Å²) in [5, 5.41) is 0.731. The largest absolute Gasteiger partial charge is 0.484 e. The van der Waals surface area contributed by atoms with Gasteiger partial charge < -0.3 is 10.5 Å². The molecule has 1 heterocycles. The molecule has 1 saturated heterocycles. The second kappa shape index (κ2) is 7.36. The molecule has 0 amide bonds. The van der Waals surface area contributed by atoms with Gasteiger partial charge in [0, 0.05) is 17.6 Å². The van der Waals surface area contributed by atoms with Gasteiger partial charge in [0.2, 0.25) is 0 Å². The van der Waals surface area contributed by atoms with Crippen LogP contribution < -0.4 is 10.5 Å². The predicted octanol–water partition coefficient (Wildman–Crippen LogP) is 4.20. The van der Waals surface area contributed by atoms with Gasteiger partial charge in [-0.1, -0.05) is 35.9 Å². The number of fused-ring (bicyclic) bond motifs is 1. The third-order valence-corrected chi connectivity index (χ3v) is 5.71. The molecular formula is C21H25ClN2O. The maximum absolute atomic E-state index is 6.50. The summed E-state index contributed by atoms with van der Waals surface area (Å²) in [4.78, 5) is 2.55. The molecule has 2 N–H and O–H groups in total. The van der Waals surface area contributed by atoms with E-state index >= 15 is 0 Å². The van der Waals surface area contributed by atoms with Crippen LogP contribution in [0.2, 0.25) is 5.02 Å². The number of aryl methyl sites for hydroxylation is 1. The molecule has 2 unspecified atom stereocenters. The fourth-order valence-electron chi connectivity index (χ4n) is 4.22. The van der Waals surface area contributed by atoms with E-state index in [1.165, 1.54) is 17.5 Å². The Morgan fingerprint density at radius 3 is 2.64 bits per heavy atom. The summed E-state index contributed by atoms with van der Waals surface area (Å²) < 4.78 is 6.50. The molecule has 0 saturated carbocycles. The van der Waals surface area contributed by atoms with Gasteiger partial charge in [0.1, 0.15) is 11.9 Å². The van der Waals surface area contributed by atoms with Crippen molar-refractivity contribution in [2.24, 2.45) is 5.73 Å². The number of hydrogen-bond acceptors (Lipinski definition) is 3. The summed E-state index contributed by atoms with van der Waals surface area (Å²) in [6.45, 7) is 2.08. The zero-order valence-corrected chi connectivity index (χ0v) is 15.2. The minimum atomic E-state index is 0.0384. The van der Waals surface area contributed by atoms with Crippen LogP contribution >= 0.6 is 11.6 Å². The van der Waals surface area contributed by atoms with E-state index in [1.54, 1.807) is 0 Å². The molecule has 1 aliphatic heterocycles. The van der Waals surface area contributed by atoms with Crippen LogP contribution in [0.4, 0.5) is 0 Å². The van der Waals surface area contributed by atoms with Crippen LogP contribution in [-0.4, -0.2) is 30.1 Å². The van der Waals surface area contributed by atoms with Gasteiger partial charge in [0.05, 0.1) is 6.04 Å². The molecule has 3 nitrogen and oxygen atoms in total. The van der Waals surface area contributed by atoms with Crippen LogP contribution in [-0.2, 0) is 6.42 Å². The summed E-state index contributed by atoms with van der Waals surface area (Å²) in [5.74, 6) is 0.873. The summed E-state index contributed by atoms with van der Waals surface area (Å²) >= 11 is 6.02. The van der Waals surface area contributed by atoms with Crippen LogP contribution in [0.3, 0.4) is 0 Å². The number of nitrogens with zero attached hydrogens (tertiary/aromatic N) is 1. The predicted molar refractivity (Wildman–Crippen MR) is 102 cm³/mol. The molecule has 1 fully saturated rings. The van der Waals surface area contributed by atoms with E-state index < -0.39 is 0 Å². The fraction of sp³-hybridized carbons (Fsp3) is 0.429. The monoisotopic (exact) mass is 356 g/mol. The average Bonchev–Trinajstić information content (AvgIpc) is 2.64. The van der Waals surface area contributed by atoms with Gasteiger partial charge in [0.15, 0.2) is 0 Å². The molecule has 4 heteroatoms. The van der Waals surface area contributed by atoms with Gasteiger partial charge in [-0.3, -0.25) is 4.90 Å². The Morgan fingerprint density at radius 2 is 1.84 bits per heavy atom. The highest BCUT2D eigenvalue weighted by Gasteiger charge is 2.36. The lowest BCUT2D eigenvalue weighted by molar-refractivity contribution is 0.0367.